The van der Waals surface area contributed by atoms with Gasteiger partial charge in [0.2, 0.25) is 0 Å². The average molecular weight is 367 g/mol. The number of aliphatic carboxylic acids is 2. The standard InChI is InChI=1S/C18H36O2.C2H3O2.Na/c1-2-3-4-5-6-7-8-9-10-11-12-13-14-15-16-17-18(19)20;1-2(3)4;/h2-17H2,1H3,(H,19,20);1H2,(H,3,4);/q;-1;+1. The van der Waals surface area contributed by atoms with Crippen LogP contribution in [0, 0.1) is 6.92 Å². The maximum absolute atomic E-state index is 10.3. The van der Waals surface area contributed by atoms with Crippen molar-refractivity contribution in [2.45, 2.75) is 110 Å². The zero-order valence-electron chi connectivity index (χ0n) is 16.7. The van der Waals surface area contributed by atoms with E-state index in [1.165, 1.54) is 83.5 Å². The van der Waals surface area contributed by atoms with E-state index in [-0.39, 0.29) is 29.6 Å². The number of carboxylic acid groups (broad SMARTS) is 2. The maximum atomic E-state index is 10.3. The molecule has 0 heterocycles. The summed E-state index contributed by atoms with van der Waals surface area (Å²) in [5, 5.41) is 15.8. The smallest absolute Gasteiger partial charge is 0.503 e. The van der Waals surface area contributed by atoms with Gasteiger partial charge in [-0.2, -0.15) is 0 Å². The van der Waals surface area contributed by atoms with Gasteiger partial charge in [-0.1, -0.05) is 96.8 Å². The molecular weight excluding hydrogens is 327 g/mol. The largest absolute Gasteiger partial charge is 1.00 e. The first-order valence-electron chi connectivity index (χ1n) is 9.77. The molecule has 144 valence electrons. The predicted octanol–water partition coefficient (Wildman–Crippen LogP) is 3.24. The molecule has 0 aliphatic heterocycles. The number of rotatable bonds is 16. The van der Waals surface area contributed by atoms with Crippen molar-refractivity contribution in [3.05, 3.63) is 6.92 Å². The summed E-state index contributed by atoms with van der Waals surface area (Å²) < 4.78 is 0. The molecule has 0 bridgehead atoms. The van der Waals surface area contributed by atoms with E-state index in [4.69, 9.17) is 15.0 Å². The van der Waals surface area contributed by atoms with Crippen molar-refractivity contribution < 1.29 is 49.4 Å². The predicted molar refractivity (Wildman–Crippen MR) is 100 cm³/mol. The van der Waals surface area contributed by atoms with Gasteiger partial charge >= 0.3 is 35.5 Å². The summed E-state index contributed by atoms with van der Waals surface area (Å²) in [7, 11) is 0. The summed E-state index contributed by atoms with van der Waals surface area (Å²) in [6.07, 6.45) is 20.2. The molecule has 0 atom stereocenters. The first-order valence-corrected chi connectivity index (χ1v) is 9.77. The summed E-state index contributed by atoms with van der Waals surface area (Å²) in [5.74, 6) is -1.74. The van der Waals surface area contributed by atoms with E-state index in [2.05, 4.69) is 13.8 Å². The van der Waals surface area contributed by atoms with Crippen LogP contribution in [0.2, 0.25) is 0 Å². The van der Waals surface area contributed by atoms with Crippen molar-refractivity contribution in [1.29, 1.82) is 0 Å². The Morgan fingerprint density at radius 1 is 0.640 bits per heavy atom. The van der Waals surface area contributed by atoms with Crippen molar-refractivity contribution in [3.8, 4) is 0 Å². The molecule has 0 aromatic rings. The third kappa shape index (κ3) is 40.1. The average Bonchev–Trinajstić information content (AvgIpc) is 2.50. The second-order valence-electron chi connectivity index (χ2n) is 6.49. The molecule has 25 heavy (non-hydrogen) atoms. The van der Waals surface area contributed by atoms with Crippen LogP contribution in [-0.2, 0) is 9.59 Å². The molecule has 0 aromatic heterocycles. The van der Waals surface area contributed by atoms with Crippen LogP contribution in [0.15, 0.2) is 0 Å². The Kier molecular flexibility index (Phi) is 30.8. The first kappa shape index (κ1) is 29.6. The second-order valence-corrected chi connectivity index (χ2v) is 6.49. The van der Waals surface area contributed by atoms with Crippen molar-refractivity contribution in [3.63, 3.8) is 0 Å². The van der Waals surface area contributed by atoms with E-state index >= 15 is 0 Å². The monoisotopic (exact) mass is 366 g/mol. The van der Waals surface area contributed by atoms with Gasteiger partial charge in [0, 0.05) is 6.42 Å². The zero-order chi connectivity index (χ0) is 18.5. The van der Waals surface area contributed by atoms with Crippen LogP contribution in [0.5, 0.6) is 0 Å². The molecule has 2 N–H and O–H groups in total. The van der Waals surface area contributed by atoms with Crippen LogP contribution in [0.3, 0.4) is 0 Å². The molecule has 5 heteroatoms. The molecule has 0 aliphatic carbocycles. The Hall–Kier alpha value is -0.190. The number of unbranched alkanes of at least 4 members (excludes halogenated alkanes) is 14. The van der Waals surface area contributed by atoms with Crippen LogP contribution in [0.1, 0.15) is 110 Å². The van der Waals surface area contributed by atoms with Crippen molar-refractivity contribution in [1.82, 2.24) is 0 Å². The topological polar surface area (TPSA) is 74.6 Å². The zero-order valence-corrected chi connectivity index (χ0v) is 18.7. The Morgan fingerprint density at radius 2 is 0.880 bits per heavy atom. The summed E-state index contributed by atoms with van der Waals surface area (Å²) >= 11 is 0. The first-order chi connectivity index (χ1) is 11.5. The SMILES string of the molecule is CCCCCCCCCCCCCCCCCC(=O)O.[CH2-]C(=O)O.[Na+]. The van der Waals surface area contributed by atoms with Crippen molar-refractivity contribution in [2.24, 2.45) is 0 Å². The quantitative estimate of drug-likeness (QED) is 0.250. The second kappa shape index (κ2) is 26.0. The van der Waals surface area contributed by atoms with Crippen LogP contribution in [0.25, 0.3) is 0 Å². The Bertz CT molecular complexity index is 279. The normalized spacial score (nSPS) is 9.64. The van der Waals surface area contributed by atoms with E-state index in [0.29, 0.717) is 6.42 Å². The van der Waals surface area contributed by atoms with Gasteiger partial charge in [-0.25, -0.2) is 0 Å². The van der Waals surface area contributed by atoms with Gasteiger partial charge in [-0.05, 0) is 6.42 Å². The molecule has 0 spiro atoms. The summed E-state index contributed by atoms with van der Waals surface area (Å²) in [6, 6.07) is 0. The summed E-state index contributed by atoms with van der Waals surface area (Å²) in [5.41, 5.74) is 0. The number of carboxylic acids is 2. The molecule has 0 aromatic carbocycles. The summed E-state index contributed by atoms with van der Waals surface area (Å²) in [6.45, 7) is 4.83. The minimum atomic E-state index is -1.08. The number of hydrogen-bond donors (Lipinski definition) is 2. The minimum absolute atomic E-state index is 0. The molecule has 0 saturated heterocycles. The molecule has 4 nitrogen and oxygen atoms in total. The Balaban J connectivity index is -0.000000867. The third-order valence-electron chi connectivity index (χ3n) is 3.99. The number of hydrogen-bond acceptors (Lipinski definition) is 2. The molecule has 0 aliphatic rings. The molecule has 0 unspecified atom stereocenters. The van der Waals surface area contributed by atoms with Gasteiger partial charge in [0.1, 0.15) is 0 Å². The molecular formula is C20H39NaO4. The molecule has 0 saturated carbocycles. The van der Waals surface area contributed by atoms with Crippen LogP contribution in [0.4, 0.5) is 0 Å². The number of carbonyl (C=O) groups is 2. The van der Waals surface area contributed by atoms with E-state index in [9.17, 15) is 4.79 Å². The van der Waals surface area contributed by atoms with E-state index in [1.54, 1.807) is 0 Å². The molecule has 0 rings (SSSR count). The van der Waals surface area contributed by atoms with Crippen LogP contribution in [-0.4, -0.2) is 22.2 Å². The van der Waals surface area contributed by atoms with Gasteiger partial charge in [0.15, 0.2) is 5.97 Å². The van der Waals surface area contributed by atoms with Gasteiger partial charge in [0.05, 0.1) is 0 Å². The Morgan fingerprint density at radius 3 is 1.12 bits per heavy atom. The van der Waals surface area contributed by atoms with Gasteiger partial charge < -0.3 is 10.2 Å². The molecule has 0 fully saturated rings. The fraction of sp³-hybridized carbons (Fsp3) is 0.850. The minimum Gasteiger partial charge on any atom is -0.503 e. The maximum Gasteiger partial charge on any atom is 1.00 e. The van der Waals surface area contributed by atoms with Crippen molar-refractivity contribution in [2.75, 3.05) is 0 Å². The van der Waals surface area contributed by atoms with E-state index in [0.717, 1.165) is 12.8 Å². The van der Waals surface area contributed by atoms with Crippen molar-refractivity contribution >= 4 is 11.9 Å². The fourth-order valence-corrected chi connectivity index (χ4v) is 2.65. The molecule has 0 amide bonds. The fourth-order valence-electron chi connectivity index (χ4n) is 2.65. The Labute approximate surface area is 177 Å². The van der Waals surface area contributed by atoms with Crippen LogP contribution < -0.4 is 29.6 Å². The van der Waals surface area contributed by atoms with E-state index < -0.39 is 11.9 Å². The van der Waals surface area contributed by atoms with Gasteiger partial charge in [-0.15, -0.1) is 0 Å². The molecule has 0 radical (unpaired) electrons. The van der Waals surface area contributed by atoms with E-state index in [1.807, 2.05) is 0 Å². The third-order valence-corrected chi connectivity index (χ3v) is 3.99. The van der Waals surface area contributed by atoms with Crippen LogP contribution >= 0.6 is 0 Å². The van der Waals surface area contributed by atoms with Gasteiger partial charge in [-0.3, -0.25) is 16.5 Å². The van der Waals surface area contributed by atoms with Gasteiger partial charge in [0.25, 0.3) is 0 Å². The summed E-state index contributed by atoms with van der Waals surface area (Å²) in [4.78, 5) is 19.2.